The van der Waals surface area contributed by atoms with Crippen LogP contribution in [0.2, 0.25) is 0 Å². The highest BCUT2D eigenvalue weighted by molar-refractivity contribution is 7.91. The standard InChI is InChI=1S/C16H21NO6S2/c1-24(20,21)12-6-4-7-13(10-12)25(22,23)17-14-8-3-2-5-11(14)9-15(17)16(18)19/h4,6-7,10-11,14-15H,2-3,5,8-9H2,1H3,(H,18,19). The molecule has 1 saturated heterocycles. The second kappa shape index (κ2) is 6.37. The highest BCUT2D eigenvalue weighted by Crippen LogP contribution is 2.42. The first-order valence-corrected chi connectivity index (χ1v) is 11.5. The quantitative estimate of drug-likeness (QED) is 0.838. The zero-order valence-electron chi connectivity index (χ0n) is 13.8. The number of fused-ring (bicyclic) bond motifs is 1. The van der Waals surface area contributed by atoms with E-state index in [2.05, 4.69) is 0 Å². The lowest BCUT2D eigenvalue weighted by Crippen LogP contribution is -2.46. The molecule has 1 saturated carbocycles. The van der Waals surface area contributed by atoms with E-state index in [1.807, 2.05) is 0 Å². The predicted molar refractivity (Wildman–Crippen MR) is 90.4 cm³/mol. The van der Waals surface area contributed by atoms with Crippen LogP contribution in [-0.4, -0.2) is 50.6 Å². The summed E-state index contributed by atoms with van der Waals surface area (Å²) in [5, 5.41) is 9.52. The summed E-state index contributed by atoms with van der Waals surface area (Å²) in [5.41, 5.74) is 0. The minimum atomic E-state index is -4.10. The lowest BCUT2D eigenvalue weighted by Gasteiger charge is -2.32. The van der Waals surface area contributed by atoms with E-state index in [0.717, 1.165) is 35.9 Å². The summed E-state index contributed by atoms with van der Waals surface area (Å²) in [7, 11) is -7.66. The summed E-state index contributed by atoms with van der Waals surface area (Å²) in [4.78, 5) is 11.4. The van der Waals surface area contributed by atoms with E-state index >= 15 is 0 Å². The molecule has 0 aromatic heterocycles. The van der Waals surface area contributed by atoms with Gasteiger partial charge in [-0.25, -0.2) is 16.8 Å². The second-order valence-electron chi connectivity index (χ2n) is 6.78. The molecule has 1 heterocycles. The first kappa shape index (κ1) is 18.3. The van der Waals surface area contributed by atoms with Gasteiger partial charge in [-0.2, -0.15) is 4.31 Å². The van der Waals surface area contributed by atoms with Crippen molar-refractivity contribution in [2.24, 2.45) is 5.92 Å². The van der Waals surface area contributed by atoms with Gasteiger partial charge in [0.1, 0.15) is 6.04 Å². The van der Waals surface area contributed by atoms with E-state index in [9.17, 15) is 26.7 Å². The van der Waals surface area contributed by atoms with Crippen molar-refractivity contribution in [3.8, 4) is 0 Å². The molecular formula is C16H21NO6S2. The third-order valence-corrected chi connectivity index (χ3v) is 8.16. The van der Waals surface area contributed by atoms with Crippen LogP contribution in [0.4, 0.5) is 0 Å². The molecule has 0 bridgehead atoms. The van der Waals surface area contributed by atoms with Crippen molar-refractivity contribution in [1.29, 1.82) is 0 Å². The molecule has 25 heavy (non-hydrogen) atoms. The average Bonchev–Trinajstić information content (AvgIpc) is 2.94. The van der Waals surface area contributed by atoms with Crippen LogP contribution in [0.15, 0.2) is 34.1 Å². The summed E-state index contributed by atoms with van der Waals surface area (Å²) in [6, 6.07) is 3.70. The van der Waals surface area contributed by atoms with E-state index in [1.165, 1.54) is 18.2 Å². The van der Waals surface area contributed by atoms with Gasteiger partial charge >= 0.3 is 5.97 Å². The molecule has 3 rings (SSSR count). The van der Waals surface area contributed by atoms with Crippen LogP contribution in [-0.2, 0) is 24.7 Å². The molecule has 0 spiro atoms. The van der Waals surface area contributed by atoms with Crippen molar-refractivity contribution in [1.82, 2.24) is 4.31 Å². The average molecular weight is 387 g/mol. The minimum Gasteiger partial charge on any atom is -0.480 e. The Hall–Kier alpha value is -1.45. The molecule has 1 aromatic carbocycles. The molecule has 1 N–H and O–H groups in total. The Morgan fingerprint density at radius 3 is 2.40 bits per heavy atom. The molecule has 3 unspecified atom stereocenters. The maximum Gasteiger partial charge on any atom is 0.322 e. The number of aliphatic carboxylic acids is 1. The molecule has 3 atom stereocenters. The number of sulfonamides is 1. The summed E-state index contributed by atoms with van der Waals surface area (Å²) < 4.78 is 50.9. The van der Waals surface area contributed by atoms with Crippen molar-refractivity contribution in [3.63, 3.8) is 0 Å². The van der Waals surface area contributed by atoms with E-state index in [4.69, 9.17) is 0 Å². The van der Waals surface area contributed by atoms with E-state index in [1.54, 1.807) is 0 Å². The largest absolute Gasteiger partial charge is 0.480 e. The first-order valence-electron chi connectivity index (χ1n) is 8.19. The van der Waals surface area contributed by atoms with Gasteiger partial charge in [0, 0.05) is 12.3 Å². The number of hydrogen-bond acceptors (Lipinski definition) is 5. The fourth-order valence-electron chi connectivity index (χ4n) is 3.96. The molecule has 0 radical (unpaired) electrons. The summed E-state index contributed by atoms with van der Waals surface area (Å²) >= 11 is 0. The molecule has 2 fully saturated rings. The predicted octanol–water partition coefficient (Wildman–Crippen LogP) is 1.50. The third kappa shape index (κ3) is 3.32. The fraction of sp³-hybridized carbons (Fsp3) is 0.562. The van der Waals surface area contributed by atoms with Gasteiger partial charge < -0.3 is 5.11 Å². The molecule has 1 aliphatic heterocycles. The molecular weight excluding hydrogens is 366 g/mol. The van der Waals surface area contributed by atoms with Crippen LogP contribution in [0.1, 0.15) is 32.1 Å². The molecule has 1 aliphatic carbocycles. The number of hydrogen-bond donors (Lipinski definition) is 1. The number of benzene rings is 1. The monoisotopic (exact) mass is 387 g/mol. The van der Waals surface area contributed by atoms with Crippen LogP contribution < -0.4 is 0 Å². The number of carboxylic acids is 1. The highest BCUT2D eigenvalue weighted by Gasteiger charge is 2.51. The van der Waals surface area contributed by atoms with Crippen LogP contribution in [0.25, 0.3) is 0 Å². The molecule has 0 amide bonds. The normalized spacial score (nSPS) is 27.8. The Morgan fingerprint density at radius 1 is 1.12 bits per heavy atom. The maximum absolute atomic E-state index is 13.2. The molecule has 9 heteroatoms. The third-order valence-electron chi connectivity index (χ3n) is 5.12. The Labute approximate surface area is 147 Å². The number of nitrogens with zero attached hydrogens (tertiary/aromatic N) is 1. The molecule has 7 nitrogen and oxygen atoms in total. The number of rotatable bonds is 4. The van der Waals surface area contributed by atoms with Crippen molar-refractivity contribution in [2.45, 2.75) is 54.0 Å². The van der Waals surface area contributed by atoms with Crippen molar-refractivity contribution in [2.75, 3.05) is 6.26 Å². The SMILES string of the molecule is CS(=O)(=O)c1cccc(S(=O)(=O)N2C(C(=O)O)CC3CCCCC32)c1. The van der Waals surface area contributed by atoms with Crippen LogP contribution in [0.5, 0.6) is 0 Å². The van der Waals surface area contributed by atoms with Gasteiger partial charge in [0.25, 0.3) is 0 Å². The molecule has 138 valence electrons. The summed E-state index contributed by atoms with van der Waals surface area (Å²) in [6.45, 7) is 0. The molecule has 1 aromatic rings. The zero-order chi connectivity index (χ0) is 18.4. The Balaban J connectivity index is 2.07. The van der Waals surface area contributed by atoms with Crippen molar-refractivity contribution in [3.05, 3.63) is 24.3 Å². The summed E-state index contributed by atoms with van der Waals surface area (Å²) in [5.74, 6) is -1.11. The lowest BCUT2D eigenvalue weighted by molar-refractivity contribution is -0.141. The van der Waals surface area contributed by atoms with Gasteiger partial charge in [0.15, 0.2) is 9.84 Å². The van der Waals surface area contributed by atoms with Crippen molar-refractivity contribution < 1.29 is 26.7 Å². The first-order chi connectivity index (χ1) is 11.6. The number of carboxylic acid groups (broad SMARTS) is 1. The van der Waals surface area contributed by atoms with Gasteiger partial charge in [0.2, 0.25) is 10.0 Å². The van der Waals surface area contributed by atoms with E-state index < -0.39 is 31.9 Å². The molecule has 2 aliphatic rings. The van der Waals surface area contributed by atoms with E-state index in [-0.39, 0.29) is 21.8 Å². The Bertz CT molecular complexity index is 893. The zero-order valence-corrected chi connectivity index (χ0v) is 15.5. The smallest absolute Gasteiger partial charge is 0.322 e. The lowest BCUT2D eigenvalue weighted by atomic mass is 9.85. The van der Waals surface area contributed by atoms with Gasteiger partial charge in [-0.3, -0.25) is 4.79 Å². The van der Waals surface area contributed by atoms with Crippen molar-refractivity contribution >= 4 is 25.8 Å². The van der Waals surface area contributed by atoms with Gasteiger partial charge in [-0.1, -0.05) is 18.9 Å². The number of sulfone groups is 1. The topological polar surface area (TPSA) is 109 Å². The number of carbonyl (C=O) groups is 1. The van der Waals surface area contributed by atoms with E-state index in [0.29, 0.717) is 12.8 Å². The maximum atomic E-state index is 13.2. The minimum absolute atomic E-state index is 0.0442. The highest BCUT2D eigenvalue weighted by atomic mass is 32.2. The second-order valence-corrected chi connectivity index (χ2v) is 10.6. The Kier molecular flexibility index (Phi) is 4.67. The van der Waals surface area contributed by atoms with Gasteiger partial charge in [-0.05, 0) is 43.4 Å². The van der Waals surface area contributed by atoms with Crippen LogP contribution in [0.3, 0.4) is 0 Å². The van der Waals surface area contributed by atoms with Gasteiger partial charge in [-0.15, -0.1) is 0 Å². The van der Waals surface area contributed by atoms with Crippen LogP contribution in [0, 0.1) is 5.92 Å². The Morgan fingerprint density at radius 2 is 1.76 bits per heavy atom. The fourth-order valence-corrected chi connectivity index (χ4v) is 6.62. The van der Waals surface area contributed by atoms with Gasteiger partial charge in [0.05, 0.1) is 9.79 Å². The van der Waals surface area contributed by atoms with Crippen LogP contribution >= 0.6 is 0 Å². The summed E-state index contributed by atoms with van der Waals surface area (Å²) in [6.07, 6.45) is 4.62.